The standard InChI is InChI=1S/C27H51NO5/c1-19(2)16-26(8,9)23(30)28-13-15-31-20(21-18-32-21)17-27(10,11)33-14-12-25(6,7)22(29)24(3,4)5/h19-21H,12-18H2,1-11H3,(H,28,30). The molecule has 1 aliphatic rings. The minimum Gasteiger partial charge on any atom is -0.375 e. The Morgan fingerprint density at radius 2 is 1.52 bits per heavy atom. The quantitative estimate of drug-likeness (QED) is 0.264. The molecule has 194 valence electrons. The Morgan fingerprint density at radius 3 is 2.00 bits per heavy atom. The summed E-state index contributed by atoms with van der Waals surface area (Å²) in [6, 6.07) is 0. The van der Waals surface area contributed by atoms with E-state index in [2.05, 4.69) is 33.0 Å². The van der Waals surface area contributed by atoms with Crippen LogP contribution in [0.5, 0.6) is 0 Å². The number of rotatable bonds is 15. The number of hydrogen-bond acceptors (Lipinski definition) is 5. The summed E-state index contributed by atoms with van der Waals surface area (Å²) >= 11 is 0. The Kier molecular flexibility index (Phi) is 10.6. The first-order valence-electron chi connectivity index (χ1n) is 12.6. The molecule has 1 fully saturated rings. The summed E-state index contributed by atoms with van der Waals surface area (Å²) in [5.41, 5.74) is -1.57. The van der Waals surface area contributed by atoms with Gasteiger partial charge in [-0.25, -0.2) is 0 Å². The van der Waals surface area contributed by atoms with Crippen LogP contribution in [0.15, 0.2) is 0 Å². The lowest BCUT2D eigenvalue weighted by atomic mass is 9.73. The molecule has 0 bridgehead atoms. The molecule has 1 N–H and O–H groups in total. The Morgan fingerprint density at radius 1 is 0.939 bits per heavy atom. The zero-order chi connectivity index (χ0) is 25.7. The molecule has 6 nitrogen and oxygen atoms in total. The van der Waals surface area contributed by atoms with Crippen molar-refractivity contribution >= 4 is 11.7 Å². The molecule has 0 spiro atoms. The zero-order valence-corrected chi connectivity index (χ0v) is 23.2. The summed E-state index contributed by atoms with van der Waals surface area (Å²) in [5.74, 6) is 0.788. The van der Waals surface area contributed by atoms with Crippen LogP contribution in [-0.4, -0.2) is 55.9 Å². The number of ketones is 1. The van der Waals surface area contributed by atoms with Crippen LogP contribution in [0.2, 0.25) is 0 Å². The molecule has 0 aliphatic carbocycles. The fourth-order valence-corrected chi connectivity index (χ4v) is 4.55. The van der Waals surface area contributed by atoms with Crippen molar-refractivity contribution in [1.29, 1.82) is 0 Å². The first-order chi connectivity index (χ1) is 14.9. The van der Waals surface area contributed by atoms with E-state index in [0.717, 1.165) is 6.42 Å². The first-order valence-corrected chi connectivity index (χ1v) is 12.6. The zero-order valence-electron chi connectivity index (χ0n) is 23.2. The molecule has 0 aromatic rings. The number of nitrogens with one attached hydrogen (secondary N) is 1. The molecule has 1 heterocycles. The summed E-state index contributed by atoms with van der Waals surface area (Å²) in [6.45, 7) is 24.4. The second-order valence-electron chi connectivity index (χ2n) is 13.0. The van der Waals surface area contributed by atoms with Gasteiger partial charge < -0.3 is 19.5 Å². The third kappa shape index (κ3) is 10.9. The summed E-state index contributed by atoms with van der Waals surface area (Å²) in [5, 5.41) is 3.01. The number of epoxide rings is 1. The van der Waals surface area contributed by atoms with Gasteiger partial charge in [0.1, 0.15) is 11.9 Å². The van der Waals surface area contributed by atoms with E-state index in [9.17, 15) is 9.59 Å². The maximum absolute atomic E-state index is 12.7. The molecule has 6 heteroatoms. The molecule has 2 unspecified atom stereocenters. The third-order valence-electron chi connectivity index (χ3n) is 6.24. The molecule has 0 aromatic heterocycles. The third-order valence-corrected chi connectivity index (χ3v) is 6.24. The van der Waals surface area contributed by atoms with E-state index in [-0.39, 0.29) is 34.7 Å². The molecule has 0 aromatic carbocycles. The van der Waals surface area contributed by atoms with Crippen molar-refractivity contribution in [2.24, 2.45) is 22.2 Å². The van der Waals surface area contributed by atoms with Gasteiger partial charge in [-0.2, -0.15) is 0 Å². The summed E-state index contributed by atoms with van der Waals surface area (Å²) in [7, 11) is 0. The Bertz CT molecular complexity index is 641. The number of carbonyl (C=O) groups excluding carboxylic acids is 2. The molecule has 33 heavy (non-hydrogen) atoms. The lowest BCUT2D eigenvalue weighted by Gasteiger charge is -2.33. The van der Waals surface area contributed by atoms with Gasteiger partial charge >= 0.3 is 0 Å². The number of hydrogen-bond donors (Lipinski definition) is 1. The van der Waals surface area contributed by atoms with Crippen LogP contribution in [0.1, 0.15) is 95.4 Å². The van der Waals surface area contributed by atoms with Gasteiger partial charge in [0.25, 0.3) is 0 Å². The lowest BCUT2D eigenvalue weighted by Crippen LogP contribution is -2.41. The van der Waals surface area contributed by atoms with E-state index >= 15 is 0 Å². The predicted molar refractivity (Wildman–Crippen MR) is 133 cm³/mol. The van der Waals surface area contributed by atoms with Crippen LogP contribution < -0.4 is 5.32 Å². The van der Waals surface area contributed by atoms with Gasteiger partial charge in [-0.05, 0) is 32.6 Å². The molecular formula is C27H51NO5. The average Bonchev–Trinajstić information content (AvgIpc) is 3.46. The molecule has 0 radical (unpaired) electrons. The Labute approximate surface area is 202 Å². The van der Waals surface area contributed by atoms with Gasteiger partial charge in [-0.1, -0.05) is 62.3 Å². The van der Waals surface area contributed by atoms with Gasteiger partial charge in [0.15, 0.2) is 0 Å². The minimum atomic E-state index is -0.425. The van der Waals surface area contributed by atoms with E-state index in [4.69, 9.17) is 14.2 Å². The summed E-state index contributed by atoms with van der Waals surface area (Å²) < 4.78 is 17.8. The fourth-order valence-electron chi connectivity index (χ4n) is 4.55. The van der Waals surface area contributed by atoms with Gasteiger partial charge in [0.2, 0.25) is 5.91 Å². The molecule has 1 amide bonds. The minimum absolute atomic E-state index is 0.0649. The van der Waals surface area contributed by atoms with Gasteiger partial charge in [0.05, 0.1) is 24.9 Å². The molecule has 1 saturated heterocycles. The van der Waals surface area contributed by atoms with Crippen molar-refractivity contribution < 1.29 is 23.8 Å². The van der Waals surface area contributed by atoms with Crippen LogP contribution in [0, 0.1) is 22.2 Å². The maximum Gasteiger partial charge on any atom is 0.225 e. The van der Waals surface area contributed by atoms with Crippen molar-refractivity contribution in [3.05, 3.63) is 0 Å². The van der Waals surface area contributed by atoms with Crippen molar-refractivity contribution in [3.63, 3.8) is 0 Å². The normalized spacial score (nSPS) is 18.4. The number of carbonyl (C=O) groups is 2. The van der Waals surface area contributed by atoms with Gasteiger partial charge in [-0.3, -0.25) is 9.59 Å². The van der Waals surface area contributed by atoms with Gasteiger partial charge in [0, 0.05) is 35.8 Å². The van der Waals surface area contributed by atoms with Gasteiger partial charge in [-0.15, -0.1) is 0 Å². The van der Waals surface area contributed by atoms with Crippen LogP contribution in [0.25, 0.3) is 0 Å². The highest BCUT2D eigenvalue weighted by Crippen LogP contribution is 2.33. The Hall–Kier alpha value is -0.980. The smallest absolute Gasteiger partial charge is 0.225 e. The first kappa shape index (κ1) is 30.1. The van der Waals surface area contributed by atoms with E-state index in [1.165, 1.54) is 0 Å². The van der Waals surface area contributed by atoms with Crippen molar-refractivity contribution in [2.75, 3.05) is 26.4 Å². The summed E-state index contributed by atoms with van der Waals surface area (Å²) in [6.07, 6.45) is 2.22. The lowest BCUT2D eigenvalue weighted by molar-refractivity contribution is -0.137. The van der Waals surface area contributed by atoms with Crippen molar-refractivity contribution in [1.82, 2.24) is 5.32 Å². The maximum atomic E-state index is 12.7. The topological polar surface area (TPSA) is 77.2 Å². The van der Waals surface area contributed by atoms with Crippen molar-refractivity contribution in [2.45, 2.75) is 113 Å². The molecule has 1 aliphatic heterocycles. The SMILES string of the molecule is CC(C)CC(C)(C)C(=O)NCCOC(CC(C)(C)OCCC(C)(C)C(=O)C(C)(C)C)C1CO1. The highest BCUT2D eigenvalue weighted by molar-refractivity contribution is 5.88. The predicted octanol–water partition coefficient (Wildman–Crippen LogP) is 5.18. The van der Waals surface area contributed by atoms with Crippen LogP contribution >= 0.6 is 0 Å². The van der Waals surface area contributed by atoms with E-state index in [1.807, 2.05) is 48.5 Å². The van der Waals surface area contributed by atoms with Crippen LogP contribution in [-0.2, 0) is 23.8 Å². The molecule has 0 saturated carbocycles. The number of ether oxygens (including phenoxy) is 3. The fraction of sp³-hybridized carbons (Fsp3) is 0.926. The number of Topliss-reactive ketones (excluding diaryl/α,β-unsaturated/α-hetero) is 1. The molecule has 1 rings (SSSR count). The second kappa shape index (κ2) is 11.6. The van der Waals surface area contributed by atoms with E-state index < -0.39 is 11.0 Å². The van der Waals surface area contributed by atoms with Crippen LogP contribution in [0.4, 0.5) is 0 Å². The molecule has 2 atom stereocenters. The van der Waals surface area contributed by atoms with E-state index in [1.54, 1.807) is 0 Å². The second-order valence-corrected chi connectivity index (χ2v) is 13.0. The monoisotopic (exact) mass is 469 g/mol. The van der Waals surface area contributed by atoms with Crippen LogP contribution in [0.3, 0.4) is 0 Å². The highest BCUT2D eigenvalue weighted by atomic mass is 16.6. The molecular weight excluding hydrogens is 418 g/mol. The van der Waals surface area contributed by atoms with E-state index in [0.29, 0.717) is 45.1 Å². The largest absolute Gasteiger partial charge is 0.375 e. The average molecular weight is 470 g/mol. The Balaban J connectivity index is 2.48. The van der Waals surface area contributed by atoms with Crippen molar-refractivity contribution in [3.8, 4) is 0 Å². The highest BCUT2D eigenvalue weighted by Gasteiger charge is 2.39. The summed E-state index contributed by atoms with van der Waals surface area (Å²) in [4.78, 5) is 25.2. The number of amides is 1.